The van der Waals surface area contributed by atoms with Crippen LogP contribution in [0, 0.1) is 0 Å². The SMILES string of the molecule is Nc1cnc2ccoc2c1NC1CCCOC1. The van der Waals surface area contributed by atoms with E-state index in [9.17, 15) is 0 Å². The zero-order chi connectivity index (χ0) is 11.7. The van der Waals surface area contributed by atoms with E-state index in [-0.39, 0.29) is 0 Å². The van der Waals surface area contributed by atoms with Crippen LogP contribution in [0.25, 0.3) is 11.1 Å². The van der Waals surface area contributed by atoms with Gasteiger partial charge in [-0.05, 0) is 12.8 Å². The van der Waals surface area contributed by atoms with Crippen molar-refractivity contribution in [3.05, 3.63) is 18.5 Å². The molecule has 1 saturated heterocycles. The predicted octanol–water partition coefficient (Wildman–Crippen LogP) is 2.00. The van der Waals surface area contributed by atoms with Crippen molar-refractivity contribution in [3.8, 4) is 0 Å². The fourth-order valence-electron chi connectivity index (χ4n) is 2.13. The number of nitrogens with one attached hydrogen (secondary N) is 1. The Labute approximate surface area is 98.9 Å². The number of fused-ring (bicyclic) bond motifs is 1. The van der Waals surface area contributed by atoms with Gasteiger partial charge < -0.3 is 20.2 Å². The lowest BCUT2D eigenvalue weighted by Crippen LogP contribution is -2.30. The van der Waals surface area contributed by atoms with Crippen molar-refractivity contribution in [2.24, 2.45) is 0 Å². The first-order valence-corrected chi connectivity index (χ1v) is 5.80. The average molecular weight is 233 g/mol. The smallest absolute Gasteiger partial charge is 0.177 e. The Hall–Kier alpha value is -1.75. The number of furan rings is 1. The first kappa shape index (κ1) is 10.4. The molecule has 0 bridgehead atoms. The summed E-state index contributed by atoms with van der Waals surface area (Å²) in [5, 5.41) is 3.39. The van der Waals surface area contributed by atoms with Gasteiger partial charge in [-0.25, -0.2) is 0 Å². The van der Waals surface area contributed by atoms with Crippen molar-refractivity contribution in [1.82, 2.24) is 4.98 Å². The molecule has 1 aliphatic heterocycles. The molecule has 90 valence electrons. The molecule has 0 amide bonds. The molecule has 5 nitrogen and oxygen atoms in total. The van der Waals surface area contributed by atoms with E-state index in [1.807, 2.05) is 6.07 Å². The summed E-state index contributed by atoms with van der Waals surface area (Å²) in [5.41, 5.74) is 8.91. The van der Waals surface area contributed by atoms with Crippen LogP contribution in [0.2, 0.25) is 0 Å². The van der Waals surface area contributed by atoms with E-state index in [2.05, 4.69) is 10.3 Å². The second kappa shape index (κ2) is 4.25. The summed E-state index contributed by atoms with van der Waals surface area (Å²) >= 11 is 0. The molecule has 1 aliphatic rings. The van der Waals surface area contributed by atoms with Gasteiger partial charge in [0.1, 0.15) is 11.2 Å². The zero-order valence-corrected chi connectivity index (χ0v) is 9.48. The molecule has 0 spiro atoms. The van der Waals surface area contributed by atoms with Crippen molar-refractivity contribution in [2.75, 3.05) is 24.3 Å². The number of hydrogen-bond acceptors (Lipinski definition) is 5. The number of aromatic nitrogens is 1. The molecule has 0 saturated carbocycles. The first-order chi connectivity index (χ1) is 8.34. The topological polar surface area (TPSA) is 73.3 Å². The average Bonchev–Trinajstić information content (AvgIpc) is 2.83. The molecule has 0 aliphatic carbocycles. The number of rotatable bonds is 2. The van der Waals surface area contributed by atoms with Gasteiger partial charge in [0.15, 0.2) is 5.58 Å². The number of nitrogens with two attached hydrogens (primary N) is 1. The quantitative estimate of drug-likeness (QED) is 0.830. The molecule has 17 heavy (non-hydrogen) atoms. The molecule has 1 unspecified atom stereocenters. The Bertz CT molecular complexity index is 517. The van der Waals surface area contributed by atoms with Crippen LogP contribution in [0.15, 0.2) is 22.9 Å². The minimum atomic E-state index is 0.293. The third-order valence-electron chi connectivity index (χ3n) is 3.01. The summed E-state index contributed by atoms with van der Waals surface area (Å²) in [6.45, 7) is 1.56. The molecule has 0 aromatic carbocycles. The molecule has 1 atom stereocenters. The fourth-order valence-corrected chi connectivity index (χ4v) is 2.13. The van der Waals surface area contributed by atoms with Crippen molar-refractivity contribution in [1.29, 1.82) is 0 Å². The Morgan fingerprint density at radius 1 is 1.47 bits per heavy atom. The second-order valence-electron chi connectivity index (χ2n) is 4.28. The third-order valence-corrected chi connectivity index (χ3v) is 3.01. The Morgan fingerprint density at radius 2 is 2.41 bits per heavy atom. The summed E-state index contributed by atoms with van der Waals surface area (Å²) in [5.74, 6) is 0. The lowest BCUT2D eigenvalue weighted by molar-refractivity contribution is 0.0876. The molecular formula is C12H15N3O2. The van der Waals surface area contributed by atoms with Gasteiger partial charge in [0.05, 0.1) is 24.8 Å². The molecule has 3 heterocycles. The third kappa shape index (κ3) is 1.93. The maximum atomic E-state index is 5.94. The summed E-state index contributed by atoms with van der Waals surface area (Å²) in [6, 6.07) is 2.12. The Morgan fingerprint density at radius 3 is 3.24 bits per heavy atom. The number of hydrogen-bond donors (Lipinski definition) is 2. The van der Waals surface area contributed by atoms with E-state index in [4.69, 9.17) is 14.9 Å². The summed E-state index contributed by atoms with van der Waals surface area (Å²) in [4.78, 5) is 4.20. The number of ether oxygens (including phenoxy) is 1. The van der Waals surface area contributed by atoms with Gasteiger partial charge in [-0.15, -0.1) is 0 Å². The maximum absolute atomic E-state index is 5.94. The van der Waals surface area contributed by atoms with Crippen LogP contribution in [0.4, 0.5) is 11.4 Å². The van der Waals surface area contributed by atoms with Crippen molar-refractivity contribution < 1.29 is 9.15 Å². The molecule has 2 aromatic heterocycles. The fraction of sp³-hybridized carbons (Fsp3) is 0.417. The van der Waals surface area contributed by atoms with Crippen LogP contribution in [-0.2, 0) is 4.74 Å². The summed E-state index contributed by atoms with van der Waals surface area (Å²) < 4.78 is 10.9. The van der Waals surface area contributed by atoms with E-state index in [0.29, 0.717) is 18.3 Å². The Balaban J connectivity index is 1.92. The lowest BCUT2D eigenvalue weighted by atomic mass is 10.1. The Kier molecular flexibility index (Phi) is 2.60. The highest BCUT2D eigenvalue weighted by atomic mass is 16.5. The van der Waals surface area contributed by atoms with Gasteiger partial charge in [-0.1, -0.05) is 0 Å². The minimum Gasteiger partial charge on any atom is -0.460 e. The van der Waals surface area contributed by atoms with Gasteiger partial charge in [-0.3, -0.25) is 4.98 Å². The van der Waals surface area contributed by atoms with E-state index >= 15 is 0 Å². The normalized spacial score (nSPS) is 20.6. The van der Waals surface area contributed by atoms with Crippen LogP contribution in [0.1, 0.15) is 12.8 Å². The van der Waals surface area contributed by atoms with Gasteiger partial charge in [0.25, 0.3) is 0 Å². The number of anilines is 2. The van der Waals surface area contributed by atoms with Crippen molar-refractivity contribution in [2.45, 2.75) is 18.9 Å². The molecule has 3 N–H and O–H groups in total. The van der Waals surface area contributed by atoms with Crippen LogP contribution >= 0.6 is 0 Å². The summed E-state index contributed by atoms with van der Waals surface area (Å²) in [6.07, 6.45) is 5.44. The second-order valence-corrected chi connectivity index (χ2v) is 4.28. The largest absolute Gasteiger partial charge is 0.460 e. The van der Waals surface area contributed by atoms with E-state index in [1.54, 1.807) is 12.5 Å². The van der Waals surface area contributed by atoms with Gasteiger partial charge in [0, 0.05) is 18.7 Å². The van der Waals surface area contributed by atoms with Crippen LogP contribution in [0.3, 0.4) is 0 Å². The van der Waals surface area contributed by atoms with E-state index in [1.165, 1.54) is 0 Å². The number of pyridine rings is 1. The molecule has 1 fully saturated rings. The van der Waals surface area contributed by atoms with Gasteiger partial charge in [0.2, 0.25) is 0 Å². The standard InChI is InChI=1S/C12H15N3O2/c13-9-6-14-10-3-5-17-12(10)11(9)15-8-2-1-4-16-7-8/h3,5-6,8H,1-2,4,7,13H2,(H,14,15). The monoisotopic (exact) mass is 233 g/mol. The molecule has 3 rings (SSSR count). The highest BCUT2D eigenvalue weighted by Gasteiger charge is 2.17. The molecule has 0 radical (unpaired) electrons. The van der Waals surface area contributed by atoms with Gasteiger partial charge in [-0.2, -0.15) is 0 Å². The van der Waals surface area contributed by atoms with Crippen LogP contribution in [0.5, 0.6) is 0 Å². The predicted molar refractivity (Wildman–Crippen MR) is 65.9 cm³/mol. The number of nitrogens with zero attached hydrogens (tertiary/aromatic N) is 1. The van der Waals surface area contributed by atoms with E-state index in [0.717, 1.165) is 36.2 Å². The van der Waals surface area contributed by atoms with Crippen LogP contribution < -0.4 is 11.1 Å². The number of nitrogen functional groups attached to an aromatic ring is 1. The maximum Gasteiger partial charge on any atom is 0.177 e. The van der Waals surface area contributed by atoms with Gasteiger partial charge >= 0.3 is 0 Å². The highest BCUT2D eigenvalue weighted by molar-refractivity contribution is 5.92. The zero-order valence-electron chi connectivity index (χ0n) is 9.48. The van der Waals surface area contributed by atoms with E-state index < -0.39 is 0 Å². The lowest BCUT2D eigenvalue weighted by Gasteiger charge is -2.24. The summed E-state index contributed by atoms with van der Waals surface area (Å²) in [7, 11) is 0. The minimum absolute atomic E-state index is 0.293. The van der Waals surface area contributed by atoms with Crippen LogP contribution in [-0.4, -0.2) is 24.2 Å². The molecule has 2 aromatic rings. The highest BCUT2D eigenvalue weighted by Crippen LogP contribution is 2.29. The molecule has 5 heteroatoms. The van der Waals surface area contributed by atoms with Crippen molar-refractivity contribution in [3.63, 3.8) is 0 Å². The molecular weight excluding hydrogens is 218 g/mol. The first-order valence-electron chi connectivity index (χ1n) is 5.80. The van der Waals surface area contributed by atoms with Crippen molar-refractivity contribution >= 4 is 22.5 Å².